The van der Waals surface area contributed by atoms with Gasteiger partial charge in [0.05, 0.1) is 17.6 Å². The molecule has 4 aliphatic carbocycles. The van der Waals surface area contributed by atoms with E-state index in [2.05, 4.69) is 5.32 Å². The summed E-state index contributed by atoms with van der Waals surface area (Å²) in [4.78, 5) is 15.5. The molecule has 1 aliphatic heterocycles. The van der Waals surface area contributed by atoms with Gasteiger partial charge in [-0.2, -0.15) is 4.31 Å². The number of hydrogen-bond donors (Lipinski definition) is 2. The number of carbonyl (C=O) groups excluding carboxylic acids is 1. The number of carbonyl (C=O) groups is 1. The molecule has 9 heteroatoms. The molecule has 2 N–H and O–H groups in total. The molecule has 3 atom stereocenters. The fourth-order valence-corrected chi connectivity index (χ4v) is 9.14. The van der Waals surface area contributed by atoms with Gasteiger partial charge in [0.1, 0.15) is 5.75 Å². The minimum Gasteiger partial charge on any atom is -0.497 e. The maximum Gasteiger partial charge on any atom is 0.317 e. The Labute approximate surface area is 209 Å². The molecule has 2 unspecified atom stereocenters. The number of amides is 2. The number of likely N-dealkylation sites (tertiary alicyclic amines) is 1. The summed E-state index contributed by atoms with van der Waals surface area (Å²) in [6.45, 7) is 4.65. The zero-order valence-electron chi connectivity index (χ0n) is 21.0. The van der Waals surface area contributed by atoms with E-state index in [1.807, 2.05) is 18.7 Å². The van der Waals surface area contributed by atoms with Crippen molar-refractivity contribution in [3.63, 3.8) is 0 Å². The first kappa shape index (κ1) is 24.8. The predicted octanol–water partition coefficient (Wildman–Crippen LogP) is 3.21. The van der Waals surface area contributed by atoms with Crippen LogP contribution >= 0.6 is 0 Å². The van der Waals surface area contributed by atoms with Crippen molar-refractivity contribution in [3.05, 3.63) is 24.3 Å². The third kappa shape index (κ3) is 4.67. The Balaban J connectivity index is 1.29. The molecular formula is C26H39N3O5S. The first-order valence-corrected chi connectivity index (χ1v) is 14.5. The van der Waals surface area contributed by atoms with Crippen LogP contribution in [0.2, 0.25) is 0 Å². The monoisotopic (exact) mass is 505 g/mol. The fourth-order valence-electron chi connectivity index (χ4n) is 7.43. The largest absolute Gasteiger partial charge is 0.497 e. The van der Waals surface area contributed by atoms with E-state index in [0.29, 0.717) is 30.0 Å². The number of aliphatic hydroxyl groups is 1. The SMILES string of the molecule is COc1cccc(S(=O)(=O)N(C[C@H]2CCCN2C(=O)NC2C3CC4CC2CC(O)(C4)C3)C(C)C)c1. The van der Waals surface area contributed by atoms with Crippen LogP contribution in [-0.2, 0) is 10.0 Å². The van der Waals surface area contributed by atoms with Gasteiger partial charge in [-0.15, -0.1) is 0 Å². The highest BCUT2D eigenvalue weighted by Gasteiger charge is 2.55. The van der Waals surface area contributed by atoms with E-state index < -0.39 is 15.6 Å². The molecule has 6 rings (SSSR count). The number of rotatable bonds is 7. The summed E-state index contributed by atoms with van der Waals surface area (Å²) in [7, 11) is -2.23. The van der Waals surface area contributed by atoms with E-state index >= 15 is 0 Å². The van der Waals surface area contributed by atoms with Crippen LogP contribution < -0.4 is 10.1 Å². The zero-order chi connectivity index (χ0) is 25.0. The van der Waals surface area contributed by atoms with Gasteiger partial charge >= 0.3 is 6.03 Å². The summed E-state index contributed by atoms with van der Waals surface area (Å²) in [6.07, 6.45) is 6.32. The minimum atomic E-state index is -3.75. The van der Waals surface area contributed by atoms with E-state index in [4.69, 9.17) is 4.74 Å². The molecule has 2 amide bonds. The van der Waals surface area contributed by atoms with Crippen molar-refractivity contribution in [1.82, 2.24) is 14.5 Å². The topological polar surface area (TPSA) is 99.2 Å². The normalized spacial score (nSPS) is 34.1. The molecule has 5 aliphatic rings. The fraction of sp³-hybridized carbons (Fsp3) is 0.731. The molecule has 0 aromatic heterocycles. The molecule has 1 heterocycles. The van der Waals surface area contributed by atoms with Gasteiger partial charge in [0, 0.05) is 37.3 Å². The first-order valence-electron chi connectivity index (χ1n) is 13.0. The maximum atomic E-state index is 13.5. The Kier molecular flexibility index (Phi) is 6.55. The van der Waals surface area contributed by atoms with E-state index in [-0.39, 0.29) is 35.6 Å². The van der Waals surface area contributed by atoms with Gasteiger partial charge in [0.25, 0.3) is 0 Å². The highest BCUT2D eigenvalue weighted by atomic mass is 32.2. The van der Waals surface area contributed by atoms with Gasteiger partial charge < -0.3 is 20.1 Å². The van der Waals surface area contributed by atoms with Gasteiger partial charge in [-0.3, -0.25) is 0 Å². The molecule has 4 saturated carbocycles. The van der Waals surface area contributed by atoms with Crippen LogP contribution in [0, 0.1) is 17.8 Å². The number of nitrogens with one attached hydrogen (secondary N) is 1. The van der Waals surface area contributed by atoms with Crippen LogP contribution in [0.25, 0.3) is 0 Å². The average Bonchev–Trinajstić information content (AvgIpc) is 3.27. The number of urea groups is 1. The highest BCUT2D eigenvalue weighted by molar-refractivity contribution is 7.89. The molecule has 0 radical (unpaired) electrons. The van der Waals surface area contributed by atoms with Crippen LogP contribution in [0.15, 0.2) is 29.2 Å². The standard InChI is InChI=1S/C26H39N3O5S/c1-17(2)29(35(32,33)23-8-4-7-22(12-23)34-3)16-21-6-5-9-28(21)25(30)27-24-19-10-18-11-20(24)15-26(31,13-18)14-19/h4,7-8,12,17-21,24,31H,5-6,9-11,13-16H2,1-3H3,(H,27,30)/t18?,19?,20?,21-,24?,26?/m1/s1. The van der Waals surface area contributed by atoms with Crippen molar-refractivity contribution in [2.75, 3.05) is 20.2 Å². The average molecular weight is 506 g/mol. The lowest BCUT2D eigenvalue weighted by Gasteiger charge is -2.58. The molecule has 4 bridgehead atoms. The Morgan fingerprint density at radius 3 is 2.60 bits per heavy atom. The third-order valence-electron chi connectivity index (χ3n) is 8.78. The van der Waals surface area contributed by atoms with E-state index in [0.717, 1.165) is 44.9 Å². The minimum absolute atomic E-state index is 0.0838. The molecule has 1 saturated heterocycles. The summed E-state index contributed by atoms with van der Waals surface area (Å²) in [5, 5.41) is 14.2. The van der Waals surface area contributed by atoms with Crippen molar-refractivity contribution in [1.29, 1.82) is 0 Å². The molecule has 1 aromatic carbocycles. The number of benzene rings is 1. The predicted molar refractivity (Wildman–Crippen MR) is 133 cm³/mol. The van der Waals surface area contributed by atoms with Crippen molar-refractivity contribution in [2.24, 2.45) is 17.8 Å². The Hall–Kier alpha value is -1.84. The maximum absolute atomic E-state index is 13.5. The molecule has 1 aromatic rings. The molecule has 5 fully saturated rings. The molecule has 194 valence electrons. The van der Waals surface area contributed by atoms with E-state index in [1.54, 1.807) is 24.3 Å². The lowest BCUT2D eigenvalue weighted by atomic mass is 9.52. The summed E-state index contributed by atoms with van der Waals surface area (Å²) >= 11 is 0. The molecule has 8 nitrogen and oxygen atoms in total. The van der Waals surface area contributed by atoms with Crippen molar-refractivity contribution >= 4 is 16.1 Å². The summed E-state index contributed by atoms with van der Waals surface area (Å²) < 4.78 is 33.8. The quantitative estimate of drug-likeness (QED) is 0.593. The Morgan fingerprint density at radius 2 is 1.97 bits per heavy atom. The highest BCUT2D eigenvalue weighted by Crippen LogP contribution is 2.55. The van der Waals surface area contributed by atoms with Gasteiger partial charge in [-0.1, -0.05) is 6.07 Å². The summed E-state index contributed by atoms with van der Waals surface area (Å²) in [6, 6.07) is 6.16. The molecule has 35 heavy (non-hydrogen) atoms. The van der Waals surface area contributed by atoms with Crippen LogP contribution in [0.4, 0.5) is 4.79 Å². The van der Waals surface area contributed by atoms with Gasteiger partial charge in [0.2, 0.25) is 10.0 Å². The van der Waals surface area contributed by atoms with Gasteiger partial charge in [-0.05, 0) is 88.7 Å². The van der Waals surface area contributed by atoms with Crippen LogP contribution in [0.3, 0.4) is 0 Å². The van der Waals surface area contributed by atoms with E-state index in [1.165, 1.54) is 11.4 Å². The number of methoxy groups -OCH3 is 1. The van der Waals surface area contributed by atoms with Crippen molar-refractivity contribution in [2.45, 2.75) is 87.4 Å². The molecule has 0 spiro atoms. The number of hydrogen-bond acceptors (Lipinski definition) is 5. The van der Waals surface area contributed by atoms with Crippen LogP contribution in [-0.4, -0.2) is 72.7 Å². The third-order valence-corrected chi connectivity index (χ3v) is 10.8. The smallest absolute Gasteiger partial charge is 0.317 e. The first-order chi connectivity index (χ1) is 16.6. The number of sulfonamides is 1. The van der Waals surface area contributed by atoms with Crippen LogP contribution in [0.5, 0.6) is 5.75 Å². The van der Waals surface area contributed by atoms with Gasteiger partial charge in [-0.25, -0.2) is 13.2 Å². The second-order valence-electron chi connectivity index (χ2n) is 11.5. The van der Waals surface area contributed by atoms with Crippen molar-refractivity contribution in [3.8, 4) is 5.75 Å². The second-order valence-corrected chi connectivity index (χ2v) is 13.4. The van der Waals surface area contributed by atoms with E-state index in [9.17, 15) is 18.3 Å². The zero-order valence-corrected chi connectivity index (χ0v) is 21.8. The summed E-state index contributed by atoms with van der Waals surface area (Å²) in [5.41, 5.74) is -0.528. The van der Waals surface area contributed by atoms with Crippen LogP contribution in [0.1, 0.15) is 58.8 Å². The Morgan fingerprint density at radius 1 is 1.26 bits per heavy atom. The lowest BCUT2D eigenvalue weighted by molar-refractivity contribution is -0.137. The molecular weight excluding hydrogens is 466 g/mol. The van der Waals surface area contributed by atoms with Gasteiger partial charge in [0.15, 0.2) is 0 Å². The lowest BCUT2D eigenvalue weighted by Crippen LogP contribution is -2.63. The number of ether oxygens (including phenoxy) is 1. The summed E-state index contributed by atoms with van der Waals surface area (Å²) in [5.74, 6) is 1.78. The number of nitrogens with zero attached hydrogens (tertiary/aromatic N) is 2. The Bertz CT molecular complexity index is 1040. The van der Waals surface area contributed by atoms with Crippen molar-refractivity contribution < 1.29 is 23.1 Å². The second kappa shape index (κ2) is 9.23.